The molecule has 0 aliphatic carbocycles. The Labute approximate surface area is 645 Å². The van der Waals surface area contributed by atoms with E-state index in [0.29, 0.717) is 25.7 Å². The van der Waals surface area contributed by atoms with Crippen LogP contribution in [-0.2, 0) is 65.4 Å². The summed E-state index contributed by atoms with van der Waals surface area (Å²) in [4.78, 5) is 73.1. The largest absolute Gasteiger partial charge is 0.472 e. The number of rotatable bonds is 83. The number of phosphoric ester groups is 2. The van der Waals surface area contributed by atoms with Crippen molar-refractivity contribution in [2.24, 2.45) is 23.7 Å². The molecule has 0 rings (SSSR count). The van der Waals surface area contributed by atoms with Gasteiger partial charge in [0, 0.05) is 25.7 Å². The number of hydrogen-bond acceptors (Lipinski definition) is 15. The normalized spacial score (nSPS) is 14.4. The lowest BCUT2D eigenvalue weighted by Crippen LogP contribution is -2.30. The fraction of sp³-hybridized carbons (Fsp3) is 0.953. The Balaban J connectivity index is 5.17. The number of phosphoric acid groups is 2. The van der Waals surface area contributed by atoms with Crippen molar-refractivity contribution in [3.63, 3.8) is 0 Å². The monoisotopic (exact) mass is 1540 g/mol. The highest BCUT2D eigenvalue weighted by Crippen LogP contribution is 2.45. The third-order valence-electron chi connectivity index (χ3n) is 20.8. The van der Waals surface area contributed by atoms with Crippen LogP contribution in [0.3, 0.4) is 0 Å². The summed E-state index contributed by atoms with van der Waals surface area (Å²) in [5, 5.41) is 10.7. The van der Waals surface area contributed by atoms with Crippen molar-refractivity contribution < 1.29 is 80.2 Å². The van der Waals surface area contributed by atoms with Gasteiger partial charge in [-0.2, -0.15) is 0 Å². The van der Waals surface area contributed by atoms with Gasteiger partial charge in [-0.25, -0.2) is 9.13 Å². The van der Waals surface area contributed by atoms with Gasteiger partial charge in [-0.3, -0.25) is 37.3 Å². The highest BCUT2D eigenvalue weighted by atomic mass is 31.2. The number of esters is 4. The average molecular weight is 1540 g/mol. The van der Waals surface area contributed by atoms with E-state index in [1.807, 2.05) is 0 Å². The molecule has 17 nitrogen and oxygen atoms in total. The quantitative estimate of drug-likeness (QED) is 0.0222. The number of carbonyl (C=O) groups is 4. The molecule has 0 bridgehead atoms. The molecule has 0 spiro atoms. The molecule has 0 saturated heterocycles. The molecule has 624 valence electrons. The van der Waals surface area contributed by atoms with Crippen LogP contribution in [0.4, 0.5) is 0 Å². The van der Waals surface area contributed by atoms with Crippen LogP contribution < -0.4 is 0 Å². The van der Waals surface area contributed by atoms with Crippen LogP contribution in [0.1, 0.15) is 447 Å². The number of ether oxygens (including phenoxy) is 4. The highest BCUT2D eigenvalue weighted by molar-refractivity contribution is 7.47. The van der Waals surface area contributed by atoms with Crippen LogP contribution in [0.5, 0.6) is 0 Å². The first-order valence-electron chi connectivity index (χ1n) is 44.3. The van der Waals surface area contributed by atoms with Crippen LogP contribution in [0.2, 0.25) is 0 Å². The summed E-state index contributed by atoms with van der Waals surface area (Å²) in [6.45, 7) is 14.3. The Hall–Kier alpha value is -1.94. The number of carbonyl (C=O) groups excluding carboxylic acids is 4. The maximum atomic E-state index is 13.1. The van der Waals surface area contributed by atoms with E-state index < -0.39 is 97.5 Å². The Bertz CT molecular complexity index is 2050. The minimum absolute atomic E-state index is 0.107. The molecular weight excluding hydrogens is 1370 g/mol. The van der Waals surface area contributed by atoms with E-state index in [1.54, 1.807) is 0 Å². The molecule has 4 unspecified atom stereocenters. The number of aliphatic hydroxyl groups excluding tert-OH is 1. The molecule has 0 heterocycles. The van der Waals surface area contributed by atoms with E-state index in [-0.39, 0.29) is 25.7 Å². The van der Waals surface area contributed by atoms with Gasteiger partial charge in [0.1, 0.15) is 19.3 Å². The fourth-order valence-electron chi connectivity index (χ4n) is 13.3. The van der Waals surface area contributed by atoms with Gasteiger partial charge < -0.3 is 33.8 Å². The molecule has 0 amide bonds. The molecule has 19 heteroatoms. The SMILES string of the molecule is CCC(C)CCCCCCCCCCCCCCCCCCCCC(=O)O[C@H](COC(=O)CCCCCCCCC(C)CC)COP(=O)(O)OC[C@H](O)COP(=O)(O)OC[C@@H](COC(=O)CCCCCCCCCCCC(C)C)OC(=O)CCCCCCCCCCCCCCCCCCCCC(C)C. The predicted molar refractivity (Wildman–Crippen MR) is 432 cm³/mol. The zero-order valence-electron chi connectivity index (χ0n) is 69.4. The van der Waals surface area contributed by atoms with Gasteiger partial charge in [-0.15, -0.1) is 0 Å². The second kappa shape index (κ2) is 74.8. The predicted octanol–water partition coefficient (Wildman–Crippen LogP) is 25.9. The van der Waals surface area contributed by atoms with Gasteiger partial charge in [0.05, 0.1) is 26.4 Å². The third kappa shape index (κ3) is 77.2. The fourth-order valence-corrected chi connectivity index (χ4v) is 14.8. The van der Waals surface area contributed by atoms with Crippen LogP contribution in [-0.4, -0.2) is 96.7 Å². The summed E-state index contributed by atoms with van der Waals surface area (Å²) < 4.78 is 68.8. The first-order valence-corrected chi connectivity index (χ1v) is 47.3. The zero-order valence-corrected chi connectivity index (χ0v) is 71.2. The molecule has 105 heavy (non-hydrogen) atoms. The third-order valence-corrected chi connectivity index (χ3v) is 22.7. The minimum atomic E-state index is -4.96. The summed E-state index contributed by atoms with van der Waals surface area (Å²) in [7, 11) is -9.93. The van der Waals surface area contributed by atoms with E-state index in [4.69, 9.17) is 37.0 Å². The minimum Gasteiger partial charge on any atom is -0.462 e. The van der Waals surface area contributed by atoms with Crippen LogP contribution in [0.15, 0.2) is 0 Å². The van der Waals surface area contributed by atoms with Crippen molar-refractivity contribution in [3.05, 3.63) is 0 Å². The summed E-state index contributed by atoms with van der Waals surface area (Å²) in [6.07, 6.45) is 64.0. The number of hydrogen-bond donors (Lipinski definition) is 3. The second-order valence-electron chi connectivity index (χ2n) is 32.4. The van der Waals surface area contributed by atoms with E-state index in [9.17, 15) is 43.2 Å². The molecule has 3 N–H and O–H groups in total. The lowest BCUT2D eigenvalue weighted by molar-refractivity contribution is -0.161. The summed E-state index contributed by atoms with van der Waals surface area (Å²) in [5.41, 5.74) is 0. The van der Waals surface area contributed by atoms with Crippen molar-refractivity contribution in [2.45, 2.75) is 465 Å². The van der Waals surface area contributed by atoms with Crippen molar-refractivity contribution in [2.75, 3.05) is 39.6 Å². The van der Waals surface area contributed by atoms with E-state index in [0.717, 1.165) is 120 Å². The molecular formula is C86H168O17P2. The molecule has 7 atom stereocenters. The molecule has 0 fully saturated rings. The molecule has 0 aliphatic heterocycles. The molecule has 0 aliphatic rings. The maximum absolute atomic E-state index is 13.1. The lowest BCUT2D eigenvalue weighted by Gasteiger charge is -2.21. The number of unbranched alkanes of at least 4 members (excludes halogenated alkanes) is 47. The smallest absolute Gasteiger partial charge is 0.462 e. The highest BCUT2D eigenvalue weighted by Gasteiger charge is 2.31. The van der Waals surface area contributed by atoms with Gasteiger partial charge in [0.25, 0.3) is 0 Å². The van der Waals surface area contributed by atoms with Gasteiger partial charge >= 0.3 is 39.5 Å². The van der Waals surface area contributed by atoms with Crippen LogP contribution >= 0.6 is 15.6 Å². The lowest BCUT2D eigenvalue weighted by atomic mass is 9.99. The Kier molecular flexibility index (Phi) is 73.4. The molecule has 0 aromatic rings. The number of aliphatic hydroxyl groups is 1. The Morgan fingerprint density at radius 1 is 0.267 bits per heavy atom. The van der Waals surface area contributed by atoms with Crippen molar-refractivity contribution in [1.82, 2.24) is 0 Å². The topological polar surface area (TPSA) is 237 Å². The van der Waals surface area contributed by atoms with Crippen molar-refractivity contribution in [1.29, 1.82) is 0 Å². The summed E-state index contributed by atoms with van der Waals surface area (Å²) in [6, 6.07) is 0. The average Bonchev–Trinajstić information content (AvgIpc) is 0.906. The molecule has 0 aromatic heterocycles. The van der Waals surface area contributed by atoms with Crippen LogP contribution in [0, 0.1) is 23.7 Å². The van der Waals surface area contributed by atoms with Crippen molar-refractivity contribution >= 4 is 39.5 Å². The Morgan fingerprint density at radius 3 is 0.676 bits per heavy atom. The first-order chi connectivity index (χ1) is 50.7. The van der Waals surface area contributed by atoms with E-state index in [2.05, 4.69) is 55.4 Å². The first kappa shape index (κ1) is 103. The molecule has 0 saturated carbocycles. The zero-order chi connectivity index (χ0) is 77.4. The summed E-state index contributed by atoms with van der Waals surface area (Å²) in [5.74, 6) is 1.06. The maximum Gasteiger partial charge on any atom is 0.472 e. The standard InChI is InChI=1S/C86H168O17P2/c1-9-78(7)64-56-48-40-34-28-24-20-16-12-14-18-22-26-30-36-43-53-61-69-86(91)103-82(73-97-84(89)67-59-51-45-44-49-57-65-79(8)10-2)75-101-105(94,95)99-71-80(87)70-98-104(92,93)100-74-81(72-96-83(88)66-58-50-41-37-31-33-39-47-55-63-77(5)6)102-85(90)68-60-52-42-35-29-25-21-17-13-11-15-19-23-27-32-38-46-54-62-76(3)4/h76-82,87H,9-75H2,1-8H3,(H,92,93)(H,94,95)/t78?,79?,80-,81-,82-/m1/s1. The second-order valence-corrected chi connectivity index (χ2v) is 35.3. The van der Waals surface area contributed by atoms with Crippen molar-refractivity contribution in [3.8, 4) is 0 Å². The van der Waals surface area contributed by atoms with E-state index in [1.165, 1.54) is 244 Å². The van der Waals surface area contributed by atoms with E-state index >= 15 is 0 Å². The molecule has 0 radical (unpaired) electrons. The summed E-state index contributed by atoms with van der Waals surface area (Å²) >= 11 is 0. The molecule has 0 aromatic carbocycles. The van der Waals surface area contributed by atoms with Gasteiger partial charge in [0.2, 0.25) is 0 Å². The van der Waals surface area contributed by atoms with Gasteiger partial charge in [0.15, 0.2) is 12.2 Å². The van der Waals surface area contributed by atoms with Gasteiger partial charge in [-0.05, 0) is 49.4 Å². The van der Waals surface area contributed by atoms with Crippen LogP contribution in [0.25, 0.3) is 0 Å². The van der Waals surface area contributed by atoms with Gasteiger partial charge in [-0.1, -0.05) is 396 Å². The Morgan fingerprint density at radius 2 is 0.457 bits per heavy atom.